The van der Waals surface area contributed by atoms with Crippen LogP contribution in [0.15, 0.2) is 36.4 Å². The molecule has 0 aliphatic rings. The molecule has 0 aliphatic carbocycles. The molecule has 0 saturated carbocycles. The molecule has 0 heterocycles. The molecule has 3 nitrogen and oxygen atoms in total. The first kappa shape index (κ1) is 12.7. The number of para-hydroxylation sites is 1. The maximum Gasteiger partial charge on any atom is 0.123 e. The maximum atomic E-state index is 5.58. The minimum Gasteiger partial charge on any atom is -0.496 e. The molecule has 3 heteroatoms. The zero-order valence-corrected chi connectivity index (χ0v) is 9.99. The van der Waals surface area contributed by atoms with Crippen molar-refractivity contribution in [3.05, 3.63) is 42.0 Å². The van der Waals surface area contributed by atoms with Crippen LogP contribution in [-0.2, 0) is 0 Å². The lowest BCUT2D eigenvalue weighted by atomic mass is 9.98. The number of hydrazine groups is 1. The van der Waals surface area contributed by atoms with Crippen LogP contribution in [-0.4, -0.2) is 7.11 Å². The molecule has 0 fully saturated rings. The summed E-state index contributed by atoms with van der Waals surface area (Å²) >= 11 is 0. The summed E-state index contributed by atoms with van der Waals surface area (Å²) in [6.45, 7) is 6.10. The van der Waals surface area contributed by atoms with E-state index in [2.05, 4.69) is 18.9 Å². The van der Waals surface area contributed by atoms with E-state index < -0.39 is 0 Å². The standard InChI is InChI=1S/C13H20N2O/c1-4-10(2)9-12(15-14)11-7-5-6-8-13(11)16-3/h5-8,12,15H,2,4,9,14H2,1,3H3. The first-order valence-electron chi connectivity index (χ1n) is 5.48. The number of hydrogen-bond acceptors (Lipinski definition) is 3. The smallest absolute Gasteiger partial charge is 0.123 e. The van der Waals surface area contributed by atoms with Gasteiger partial charge in [0.1, 0.15) is 5.75 Å². The van der Waals surface area contributed by atoms with Gasteiger partial charge in [0.05, 0.1) is 13.2 Å². The van der Waals surface area contributed by atoms with Gasteiger partial charge in [0.2, 0.25) is 0 Å². The normalized spacial score (nSPS) is 12.2. The van der Waals surface area contributed by atoms with Crippen LogP contribution in [0.1, 0.15) is 31.4 Å². The molecule has 1 unspecified atom stereocenters. The fourth-order valence-corrected chi connectivity index (χ4v) is 1.65. The predicted molar refractivity (Wildman–Crippen MR) is 67.1 cm³/mol. The van der Waals surface area contributed by atoms with Gasteiger partial charge in [-0.3, -0.25) is 11.3 Å². The van der Waals surface area contributed by atoms with Crippen molar-refractivity contribution in [3.8, 4) is 5.75 Å². The lowest BCUT2D eigenvalue weighted by Crippen LogP contribution is -2.28. The van der Waals surface area contributed by atoms with E-state index in [1.54, 1.807) is 7.11 Å². The second kappa shape index (κ2) is 6.30. The molecule has 3 N–H and O–H groups in total. The summed E-state index contributed by atoms with van der Waals surface area (Å²) in [7, 11) is 1.67. The number of benzene rings is 1. The Bertz CT molecular complexity index is 350. The highest BCUT2D eigenvalue weighted by atomic mass is 16.5. The molecule has 1 aromatic carbocycles. The van der Waals surface area contributed by atoms with Gasteiger partial charge >= 0.3 is 0 Å². The van der Waals surface area contributed by atoms with Gasteiger partial charge in [-0.1, -0.05) is 37.3 Å². The fourth-order valence-electron chi connectivity index (χ4n) is 1.65. The molecule has 88 valence electrons. The summed E-state index contributed by atoms with van der Waals surface area (Å²) in [5.74, 6) is 6.44. The van der Waals surface area contributed by atoms with Crippen molar-refractivity contribution in [3.63, 3.8) is 0 Å². The predicted octanol–water partition coefficient (Wildman–Crippen LogP) is 2.56. The highest BCUT2D eigenvalue weighted by Crippen LogP contribution is 2.28. The third-order valence-electron chi connectivity index (χ3n) is 2.71. The minimum absolute atomic E-state index is 0.0589. The van der Waals surface area contributed by atoms with E-state index >= 15 is 0 Å². The summed E-state index contributed by atoms with van der Waals surface area (Å²) in [6.07, 6.45) is 1.79. The van der Waals surface area contributed by atoms with Gasteiger partial charge in [0.25, 0.3) is 0 Å². The molecule has 1 rings (SSSR count). The van der Waals surface area contributed by atoms with Gasteiger partial charge in [-0.05, 0) is 18.9 Å². The van der Waals surface area contributed by atoms with Crippen molar-refractivity contribution in [2.75, 3.05) is 7.11 Å². The van der Waals surface area contributed by atoms with E-state index in [0.29, 0.717) is 0 Å². The van der Waals surface area contributed by atoms with Crippen LogP contribution in [0, 0.1) is 0 Å². The number of nitrogens with two attached hydrogens (primary N) is 1. The molecular formula is C13H20N2O. The van der Waals surface area contributed by atoms with Crippen LogP contribution in [0.4, 0.5) is 0 Å². The van der Waals surface area contributed by atoms with Crippen molar-refractivity contribution in [1.82, 2.24) is 5.43 Å². The van der Waals surface area contributed by atoms with E-state index in [9.17, 15) is 0 Å². The molecule has 0 aliphatic heterocycles. The molecular weight excluding hydrogens is 200 g/mol. The van der Waals surface area contributed by atoms with Crippen LogP contribution in [0.5, 0.6) is 5.75 Å². The van der Waals surface area contributed by atoms with Crippen LogP contribution in [0.3, 0.4) is 0 Å². The number of ether oxygens (including phenoxy) is 1. The van der Waals surface area contributed by atoms with E-state index in [1.807, 2.05) is 24.3 Å². The maximum absolute atomic E-state index is 5.58. The number of hydrogen-bond donors (Lipinski definition) is 2. The highest BCUT2D eigenvalue weighted by molar-refractivity contribution is 5.36. The van der Waals surface area contributed by atoms with Gasteiger partial charge in [0.15, 0.2) is 0 Å². The Balaban J connectivity index is 2.89. The third kappa shape index (κ3) is 3.08. The molecule has 0 aromatic heterocycles. The molecule has 0 spiro atoms. The van der Waals surface area contributed by atoms with Crippen molar-refractivity contribution < 1.29 is 4.74 Å². The summed E-state index contributed by atoms with van der Waals surface area (Å²) in [5.41, 5.74) is 5.06. The Labute approximate surface area is 97.3 Å². The number of rotatable bonds is 6. The topological polar surface area (TPSA) is 47.3 Å². The Morgan fingerprint density at radius 2 is 2.19 bits per heavy atom. The molecule has 0 saturated heterocycles. The van der Waals surface area contributed by atoms with Crippen LogP contribution in [0.2, 0.25) is 0 Å². The Hall–Kier alpha value is -1.32. The average Bonchev–Trinajstić information content (AvgIpc) is 2.35. The second-order valence-electron chi connectivity index (χ2n) is 3.77. The summed E-state index contributed by atoms with van der Waals surface area (Å²) < 4.78 is 5.32. The first-order valence-corrected chi connectivity index (χ1v) is 5.48. The molecule has 1 aromatic rings. The van der Waals surface area contributed by atoms with Gasteiger partial charge < -0.3 is 4.74 Å². The lowest BCUT2D eigenvalue weighted by molar-refractivity contribution is 0.398. The summed E-state index contributed by atoms with van der Waals surface area (Å²) in [4.78, 5) is 0. The fraction of sp³-hybridized carbons (Fsp3) is 0.385. The van der Waals surface area contributed by atoms with E-state index in [0.717, 1.165) is 24.2 Å². The van der Waals surface area contributed by atoms with Gasteiger partial charge in [0, 0.05) is 5.56 Å². The van der Waals surface area contributed by atoms with E-state index in [-0.39, 0.29) is 6.04 Å². The molecule has 0 amide bonds. The van der Waals surface area contributed by atoms with Crippen molar-refractivity contribution >= 4 is 0 Å². The lowest BCUT2D eigenvalue weighted by Gasteiger charge is -2.19. The average molecular weight is 220 g/mol. The zero-order valence-electron chi connectivity index (χ0n) is 9.99. The monoisotopic (exact) mass is 220 g/mol. The summed E-state index contributed by atoms with van der Waals surface area (Å²) in [6, 6.07) is 7.95. The molecule has 1 atom stereocenters. The number of methoxy groups -OCH3 is 1. The van der Waals surface area contributed by atoms with Crippen molar-refractivity contribution in [1.29, 1.82) is 0 Å². The second-order valence-corrected chi connectivity index (χ2v) is 3.77. The van der Waals surface area contributed by atoms with Crippen LogP contribution < -0.4 is 16.0 Å². The van der Waals surface area contributed by atoms with Crippen LogP contribution >= 0.6 is 0 Å². The largest absolute Gasteiger partial charge is 0.496 e. The quantitative estimate of drug-likeness (QED) is 0.440. The van der Waals surface area contributed by atoms with E-state index in [1.165, 1.54) is 5.57 Å². The SMILES string of the molecule is C=C(CC)CC(NN)c1ccccc1OC. The van der Waals surface area contributed by atoms with Crippen LogP contribution in [0.25, 0.3) is 0 Å². The highest BCUT2D eigenvalue weighted by Gasteiger charge is 2.14. The van der Waals surface area contributed by atoms with Gasteiger partial charge in [-0.15, -0.1) is 0 Å². The Kier molecular flexibility index (Phi) is 5.02. The zero-order chi connectivity index (χ0) is 12.0. The number of nitrogens with one attached hydrogen (secondary N) is 1. The van der Waals surface area contributed by atoms with Crippen molar-refractivity contribution in [2.24, 2.45) is 5.84 Å². The molecule has 16 heavy (non-hydrogen) atoms. The Morgan fingerprint density at radius 1 is 1.50 bits per heavy atom. The summed E-state index contributed by atoms with van der Waals surface area (Å²) in [5, 5.41) is 0. The third-order valence-corrected chi connectivity index (χ3v) is 2.71. The van der Waals surface area contributed by atoms with E-state index in [4.69, 9.17) is 10.6 Å². The Morgan fingerprint density at radius 3 is 2.75 bits per heavy atom. The molecule has 0 radical (unpaired) electrons. The van der Waals surface area contributed by atoms with Gasteiger partial charge in [-0.25, -0.2) is 0 Å². The minimum atomic E-state index is 0.0589. The van der Waals surface area contributed by atoms with Gasteiger partial charge in [-0.2, -0.15) is 0 Å². The molecule has 0 bridgehead atoms. The first-order chi connectivity index (χ1) is 7.72. The van der Waals surface area contributed by atoms with Crippen molar-refractivity contribution in [2.45, 2.75) is 25.8 Å².